The second kappa shape index (κ2) is 7.41. The molecular weight excluding hydrogens is 295 g/mol. The quantitative estimate of drug-likeness (QED) is 0.799. The lowest BCUT2D eigenvalue weighted by Crippen LogP contribution is -2.50. The highest BCUT2D eigenvalue weighted by molar-refractivity contribution is 6.17. The van der Waals surface area contributed by atoms with E-state index < -0.39 is 5.82 Å². The van der Waals surface area contributed by atoms with E-state index >= 15 is 0 Å². The molecule has 0 N–H and O–H groups in total. The molecule has 0 spiro atoms. The summed E-state index contributed by atoms with van der Waals surface area (Å²) < 4.78 is 13.6. The van der Waals surface area contributed by atoms with Gasteiger partial charge in [0.1, 0.15) is 5.82 Å². The van der Waals surface area contributed by atoms with Crippen molar-refractivity contribution in [2.45, 2.75) is 12.8 Å². The van der Waals surface area contributed by atoms with Crippen LogP contribution in [0.5, 0.6) is 0 Å². The van der Waals surface area contributed by atoms with E-state index in [2.05, 4.69) is 0 Å². The number of carbonyl (C=O) groups is 2. The average Bonchev–Trinajstić information content (AvgIpc) is 2.52. The van der Waals surface area contributed by atoms with Gasteiger partial charge < -0.3 is 9.80 Å². The van der Waals surface area contributed by atoms with Crippen LogP contribution in [0.3, 0.4) is 0 Å². The predicted octanol–water partition coefficient (Wildman–Crippen LogP) is 2.13. The van der Waals surface area contributed by atoms with Gasteiger partial charge in [-0.05, 0) is 18.6 Å². The van der Waals surface area contributed by atoms with E-state index in [1.165, 1.54) is 12.1 Å². The Morgan fingerprint density at radius 3 is 2.33 bits per heavy atom. The Morgan fingerprint density at radius 1 is 1.10 bits per heavy atom. The van der Waals surface area contributed by atoms with Crippen molar-refractivity contribution in [2.75, 3.05) is 32.1 Å². The van der Waals surface area contributed by atoms with E-state index in [9.17, 15) is 14.0 Å². The normalized spacial score (nSPS) is 15.1. The number of carbonyl (C=O) groups excluding carboxylic acids is 2. The molecule has 114 valence electrons. The van der Waals surface area contributed by atoms with Gasteiger partial charge in [0.25, 0.3) is 5.91 Å². The highest BCUT2D eigenvalue weighted by Gasteiger charge is 2.25. The van der Waals surface area contributed by atoms with Crippen molar-refractivity contribution >= 4 is 23.4 Å². The van der Waals surface area contributed by atoms with Gasteiger partial charge >= 0.3 is 0 Å². The van der Waals surface area contributed by atoms with Crippen LogP contribution in [0.1, 0.15) is 23.2 Å². The molecule has 1 aliphatic heterocycles. The summed E-state index contributed by atoms with van der Waals surface area (Å²) in [7, 11) is 0. The molecule has 1 aliphatic rings. The van der Waals surface area contributed by atoms with Crippen LogP contribution in [0.2, 0.25) is 0 Å². The van der Waals surface area contributed by atoms with Gasteiger partial charge in [0, 0.05) is 38.5 Å². The zero-order chi connectivity index (χ0) is 15.2. The molecule has 2 rings (SSSR count). The van der Waals surface area contributed by atoms with Gasteiger partial charge in [0.2, 0.25) is 5.91 Å². The topological polar surface area (TPSA) is 40.6 Å². The van der Waals surface area contributed by atoms with Crippen molar-refractivity contribution < 1.29 is 14.0 Å². The second-order valence-electron chi connectivity index (χ2n) is 4.95. The maximum Gasteiger partial charge on any atom is 0.256 e. The summed E-state index contributed by atoms with van der Waals surface area (Å²) in [6.07, 6.45) is 1.10. The Morgan fingerprint density at radius 2 is 1.71 bits per heavy atom. The molecule has 0 unspecified atom stereocenters. The number of rotatable bonds is 4. The lowest BCUT2D eigenvalue weighted by Gasteiger charge is -2.35. The number of nitrogens with zero attached hydrogens (tertiary/aromatic N) is 2. The number of amides is 2. The fraction of sp³-hybridized carbons (Fsp3) is 0.467. The highest BCUT2D eigenvalue weighted by Crippen LogP contribution is 2.13. The van der Waals surface area contributed by atoms with Crippen LogP contribution >= 0.6 is 11.6 Å². The van der Waals surface area contributed by atoms with E-state index in [0.29, 0.717) is 44.9 Å². The third-order valence-corrected chi connectivity index (χ3v) is 3.82. The molecule has 0 atom stereocenters. The summed E-state index contributed by atoms with van der Waals surface area (Å²) in [6.45, 7) is 1.84. The zero-order valence-electron chi connectivity index (χ0n) is 11.7. The molecule has 0 aromatic heterocycles. The van der Waals surface area contributed by atoms with Gasteiger partial charge in [-0.1, -0.05) is 12.1 Å². The molecule has 0 aliphatic carbocycles. The van der Waals surface area contributed by atoms with Gasteiger partial charge in [-0.15, -0.1) is 11.6 Å². The van der Waals surface area contributed by atoms with E-state index in [-0.39, 0.29) is 17.4 Å². The number of piperazine rings is 1. The Hall–Kier alpha value is -1.62. The van der Waals surface area contributed by atoms with Gasteiger partial charge in [0.15, 0.2) is 0 Å². The summed E-state index contributed by atoms with van der Waals surface area (Å²) in [4.78, 5) is 27.4. The second-order valence-corrected chi connectivity index (χ2v) is 5.32. The van der Waals surface area contributed by atoms with E-state index in [1.54, 1.807) is 21.9 Å². The van der Waals surface area contributed by atoms with Crippen molar-refractivity contribution in [3.05, 3.63) is 35.6 Å². The molecular formula is C15H18ClFN2O2. The molecule has 1 heterocycles. The van der Waals surface area contributed by atoms with Crippen LogP contribution in [-0.4, -0.2) is 53.7 Å². The van der Waals surface area contributed by atoms with Crippen LogP contribution in [-0.2, 0) is 4.79 Å². The average molecular weight is 313 g/mol. The van der Waals surface area contributed by atoms with Gasteiger partial charge in [0.05, 0.1) is 5.56 Å². The van der Waals surface area contributed by atoms with Crippen molar-refractivity contribution in [1.82, 2.24) is 9.80 Å². The zero-order valence-corrected chi connectivity index (χ0v) is 12.5. The van der Waals surface area contributed by atoms with Crippen molar-refractivity contribution in [3.8, 4) is 0 Å². The molecule has 1 saturated heterocycles. The molecule has 1 fully saturated rings. The molecule has 2 amide bonds. The fourth-order valence-electron chi connectivity index (χ4n) is 2.34. The maximum absolute atomic E-state index is 13.6. The minimum Gasteiger partial charge on any atom is -0.339 e. The monoisotopic (exact) mass is 312 g/mol. The summed E-state index contributed by atoms with van der Waals surface area (Å²) in [5, 5.41) is 0. The van der Waals surface area contributed by atoms with Gasteiger partial charge in [-0.3, -0.25) is 9.59 Å². The van der Waals surface area contributed by atoms with Crippen molar-refractivity contribution in [3.63, 3.8) is 0 Å². The molecule has 0 radical (unpaired) electrons. The third kappa shape index (κ3) is 3.94. The number of hydrogen-bond acceptors (Lipinski definition) is 2. The van der Waals surface area contributed by atoms with Crippen LogP contribution in [0.4, 0.5) is 4.39 Å². The Bertz CT molecular complexity index is 516. The molecule has 0 bridgehead atoms. The predicted molar refractivity (Wildman–Crippen MR) is 78.8 cm³/mol. The number of alkyl halides is 1. The van der Waals surface area contributed by atoms with E-state index in [1.807, 2.05) is 0 Å². The van der Waals surface area contributed by atoms with Crippen LogP contribution in [0, 0.1) is 5.82 Å². The first kappa shape index (κ1) is 15.8. The summed E-state index contributed by atoms with van der Waals surface area (Å²) in [6, 6.07) is 5.96. The largest absolute Gasteiger partial charge is 0.339 e. The molecule has 1 aromatic carbocycles. The van der Waals surface area contributed by atoms with Crippen molar-refractivity contribution in [1.29, 1.82) is 0 Å². The standard InChI is InChI=1S/C15H18ClFN2O2/c16-7-3-6-14(20)18-8-10-19(11-9-18)15(21)12-4-1-2-5-13(12)17/h1-2,4-5H,3,6-11H2. The molecule has 4 nitrogen and oxygen atoms in total. The molecule has 1 aromatic rings. The van der Waals surface area contributed by atoms with Gasteiger partial charge in [-0.2, -0.15) is 0 Å². The molecule has 21 heavy (non-hydrogen) atoms. The third-order valence-electron chi connectivity index (χ3n) is 3.55. The summed E-state index contributed by atoms with van der Waals surface area (Å²) in [5.74, 6) is -0.296. The molecule has 0 saturated carbocycles. The Balaban J connectivity index is 1.91. The maximum atomic E-state index is 13.6. The van der Waals surface area contributed by atoms with Crippen molar-refractivity contribution in [2.24, 2.45) is 0 Å². The minimum atomic E-state index is -0.511. The first-order chi connectivity index (χ1) is 10.1. The molecule has 6 heteroatoms. The summed E-state index contributed by atoms with van der Waals surface area (Å²) >= 11 is 5.57. The van der Waals surface area contributed by atoms with E-state index in [4.69, 9.17) is 11.6 Å². The Labute approximate surface area is 128 Å². The first-order valence-electron chi connectivity index (χ1n) is 7.01. The number of benzene rings is 1. The lowest BCUT2D eigenvalue weighted by atomic mass is 10.1. The van der Waals surface area contributed by atoms with Crippen LogP contribution < -0.4 is 0 Å². The highest BCUT2D eigenvalue weighted by atomic mass is 35.5. The smallest absolute Gasteiger partial charge is 0.256 e. The van der Waals surface area contributed by atoms with Gasteiger partial charge in [-0.25, -0.2) is 4.39 Å². The van der Waals surface area contributed by atoms with Crippen LogP contribution in [0.25, 0.3) is 0 Å². The SMILES string of the molecule is O=C(CCCCl)N1CCN(C(=O)c2ccccc2F)CC1. The van der Waals surface area contributed by atoms with Crippen LogP contribution in [0.15, 0.2) is 24.3 Å². The van der Waals surface area contributed by atoms with E-state index in [0.717, 1.165) is 0 Å². The number of halogens is 2. The number of hydrogen-bond donors (Lipinski definition) is 0. The lowest BCUT2D eigenvalue weighted by molar-refractivity contribution is -0.132. The Kier molecular flexibility index (Phi) is 5.56. The first-order valence-corrected chi connectivity index (χ1v) is 7.54. The minimum absolute atomic E-state index is 0.0636. The summed E-state index contributed by atoms with van der Waals surface area (Å²) in [5.41, 5.74) is 0.0828. The fourth-order valence-corrected chi connectivity index (χ4v) is 2.47.